The van der Waals surface area contributed by atoms with Gasteiger partial charge in [-0.25, -0.2) is 9.97 Å². The van der Waals surface area contributed by atoms with Crippen LogP contribution in [0.2, 0.25) is 0 Å². The van der Waals surface area contributed by atoms with Crippen LogP contribution in [0.4, 0.5) is 30.5 Å². The van der Waals surface area contributed by atoms with Crippen LogP contribution in [0.1, 0.15) is 28.5 Å². The second kappa shape index (κ2) is 7.20. The SMILES string of the molecule is CC1Cc2ccccc2N1c1nccc(C(=O)Nc2cccc(C(F)(F)F)c2)n1. The third kappa shape index (κ3) is 3.78. The van der Waals surface area contributed by atoms with Gasteiger partial charge in [0.15, 0.2) is 0 Å². The van der Waals surface area contributed by atoms with Crippen LogP contribution in [0.3, 0.4) is 0 Å². The van der Waals surface area contributed by atoms with Crippen LogP contribution in [-0.4, -0.2) is 21.9 Å². The van der Waals surface area contributed by atoms with Crippen molar-refractivity contribution in [2.24, 2.45) is 0 Å². The van der Waals surface area contributed by atoms with Crippen molar-refractivity contribution in [1.82, 2.24) is 9.97 Å². The number of aromatic nitrogens is 2. The summed E-state index contributed by atoms with van der Waals surface area (Å²) in [6.45, 7) is 2.04. The number of nitrogens with zero attached hydrogens (tertiary/aromatic N) is 3. The Kier molecular flexibility index (Phi) is 4.70. The van der Waals surface area contributed by atoms with Crippen molar-refractivity contribution in [3.8, 4) is 0 Å². The first kappa shape index (κ1) is 18.9. The summed E-state index contributed by atoms with van der Waals surface area (Å²) < 4.78 is 38.6. The van der Waals surface area contributed by atoms with E-state index in [2.05, 4.69) is 15.3 Å². The number of rotatable bonds is 3. The minimum absolute atomic E-state index is 0.0462. The van der Waals surface area contributed by atoms with E-state index in [4.69, 9.17) is 0 Å². The van der Waals surface area contributed by atoms with Crippen molar-refractivity contribution < 1.29 is 18.0 Å². The van der Waals surface area contributed by atoms with E-state index in [0.29, 0.717) is 5.95 Å². The Labute approximate surface area is 165 Å². The van der Waals surface area contributed by atoms with Gasteiger partial charge in [0.25, 0.3) is 5.91 Å². The number of amides is 1. The minimum atomic E-state index is -4.48. The highest BCUT2D eigenvalue weighted by Crippen LogP contribution is 2.36. The van der Waals surface area contributed by atoms with E-state index >= 15 is 0 Å². The summed E-state index contributed by atoms with van der Waals surface area (Å²) in [7, 11) is 0. The van der Waals surface area contributed by atoms with Gasteiger partial charge in [-0.3, -0.25) is 4.79 Å². The number of halogens is 3. The molecule has 4 rings (SSSR count). The average Bonchev–Trinajstić information content (AvgIpc) is 3.03. The molecular weight excluding hydrogens is 381 g/mol. The van der Waals surface area contributed by atoms with Crippen molar-refractivity contribution in [3.05, 3.63) is 77.6 Å². The topological polar surface area (TPSA) is 58.1 Å². The maximum Gasteiger partial charge on any atom is 0.416 e. The Hall–Kier alpha value is -3.42. The van der Waals surface area contributed by atoms with E-state index in [-0.39, 0.29) is 17.4 Å². The van der Waals surface area contributed by atoms with E-state index in [1.165, 1.54) is 30.0 Å². The number of anilines is 3. The number of carbonyl (C=O) groups is 1. The largest absolute Gasteiger partial charge is 0.416 e. The first-order valence-electron chi connectivity index (χ1n) is 9.02. The lowest BCUT2D eigenvalue weighted by Crippen LogP contribution is -2.27. The lowest BCUT2D eigenvalue weighted by molar-refractivity contribution is -0.137. The number of para-hydroxylation sites is 1. The van der Waals surface area contributed by atoms with E-state index in [1.54, 1.807) is 0 Å². The van der Waals surface area contributed by atoms with Crippen LogP contribution >= 0.6 is 0 Å². The molecule has 0 radical (unpaired) electrons. The second-order valence-electron chi connectivity index (χ2n) is 6.83. The van der Waals surface area contributed by atoms with Crippen LogP contribution < -0.4 is 10.2 Å². The molecule has 1 N–H and O–H groups in total. The molecule has 3 aromatic rings. The van der Waals surface area contributed by atoms with Crippen molar-refractivity contribution in [1.29, 1.82) is 0 Å². The number of hydrogen-bond donors (Lipinski definition) is 1. The Morgan fingerprint density at radius 3 is 2.72 bits per heavy atom. The molecule has 1 atom stereocenters. The van der Waals surface area contributed by atoms with E-state index in [9.17, 15) is 18.0 Å². The van der Waals surface area contributed by atoms with E-state index < -0.39 is 17.6 Å². The molecule has 8 heteroatoms. The molecule has 148 valence electrons. The standard InChI is InChI=1S/C21H17F3N4O/c1-13-11-14-5-2-3-8-18(14)28(13)20-25-10-9-17(27-20)19(29)26-16-7-4-6-15(12-16)21(22,23)24/h2-10,12-13H,11H2,1H3,(H,26,29). The molecule has 0 bridgehead atoms. The fraction of sp³-hybridized carbons (Fsp3) is 0.190. The number of fused-ring (bicyclic) bond motifs is 1. The maximum atomic E-state index is 12.9. The molecule has 1 aliphatic rings. The molecule has 0 aliphatic carbocycles. The van der Waals surface area contributed by atoms with Gasteiger partial charge in [-0.05, 0) is 49.2 Å². The summed E-state index contributed by atoms with van der Waals surface area (Å²) in [4.78, 5) is 23.2. The highest BCUT2D eigenvalue weighted by Gasteiger charge is 2.31. The summed E-state index contributed by atoms with van der Waals surface area (Å²) in [6, 6.07) is 13.9. The van der Waals surface area contributed by atoms with Gasteiger partial charge < -0.3 is 10.2 Å². The monoisotopic (exact) mass is 398 g/mol. The highest BCUT2D eigenvalue weighted by atomic mass is 19.4. The van der Waals surface area contributed by atoms with Crippen LogP contribution in [0.15, 0.2) is 60.8 Å². The van der Waals surface area contributed by atoms with E-state index in [0.717, 1.165) is 24.2 Å². The molecule has 1 aromatic heterocycles. The Morgan fingerprint density at radius 1 is 1.14 bits per heavy atom. The van der Waals surface area contributed by atoms with Crippen molar-refractivity contribution >= 4 is 23.2 Å². The zero-order chi connectivity index (χ0) is 20.6. The molecule has 5 nitrogen and oxygen atoms in total. The quantitative estimate of drug-likeness (QED) is 0.687. The molecule has 0 saturated carbocycles. The van der Waals surface area contributed by atoms with Gasteiger partial charge in [-0.15, -0.1) is 0 Å². The first-order chi connectivity index (χ1) is 13.8. The summed E-state index contributed by atoms with van der Waals surface area (Å²) in [5, 5.41) is 2.47. The Bertz CT molecular complexity index is 1070. The minimum Gasteiger partial charge on any atom is -0.321 e. The Balaban J connectivity index is 1.59. The normalized spacial score (nSPS) is 15.9. The molecule has 29 heavy (non-hydrogen) atoms. The van der Waals surface area contributed by atoms with Gasteiger partial charge in [0, 0.05) is 23.6 Å². The van der Waals surface area contributed by atoms with Gasteiger partial charge in [0.05, 0.1) is 5.56 Å². The van der Waals surface area contributed by atoms with Crippen LogP contribution in [-0.2, 0) is 12.6 Å². The molecule has 1 amide bonds. The molecule has 0 saturated heterocycles. The highest BCUT2D eigenvalue weighted by molar-refractivity contribution is 6.03. The van der Waals surface area contributed by atoms with Gasteiger partial charge >= 0.3 is 6.18 Å². The zero-order valence-corrected chi connectivity index (χ0v) is 15.4. The Morgan fingerprint density at radius 2 is 1.93 bits per heavy atom. The predicted octanol–water partition coefficient (Wildman–Crippen LogP) is 4.83. The van der Waals surface area contributed by atoms with Crippen molar-refractivity contribution in [3.63, 3.8) is 0 Å². The fourth-order valence-electron chi connectivity index (χ4n) is 3.43. The lowest BCUT2D eigenvalue weighted by Gasteiger charge is -2.22. The van der Waals surface area contributed by atoms with Crippen molar-refractivity contribution in [2.75, 3.05) is 10.2 Å². The maximum absolute atomic E-state index is 12.9. The predicted molar refractivity (Wildman–Crippen MR) is 103 cm³/mol. The third-order valence-electron chi connectivity index (χ3n) is 4.75. The fourth-order valence-corrected chi connectivity index (χ4v) is 3.43. The molecule has 0 spiro atoms. The molecular formula is C21H17F3N4O. The van der Waals surface area contributed by atoms with Crippen LogP contribution in [0.25, 0.3) is 0 Å². The van der Waals surface area contributed by atoms with Crippen LogP contribution in [0, 0.1) is 0 Å². The zero-order valence-electron chi connectivity index (χ0n) is 15.4. The third-order valence-corrected chi connectivity index (χ3v) is 4.75. The summed E-state index contributed by atoms with van der Waals surface area (Å²) in [5.74, 6) is -0.229. The van der Waals surface area contributed by atoms with Gasteiger partial charge in [-0.2, -0.15) is 13.2 Å². The molecule has 0 fully saturated rings. The van der Waals surface area contributed by atoms with Gasteiger partial charge in [0.1, 0.15) is 5.69 Å². The van der Waals surface area contributed by atoms with Crippen molar-refractivity contribution in [2.45, 2.75) is 25.6 Å². The second-order valence-corrected chi connectivity index (χ2v) is 6.83. The number of benzene rings is 2. The summed E-state index contributed by atoms with van der Waals surface area (Å²) in [5.41, 5.74) is 1.44. The smallest absolute Gasteiger partial charge is 0.321 e. The molecule has 1 unspecified atom stereocenters. The summed E-state index contributed by atoms with van der Waals surface area (Å²) in [6.07, 6.45) is -2.18. The number of carbonyl (C=O) groups excluding carboxylic acids is 1. The lowest BCUT2D eigenvalue weighted by atomic mass is 10.1. The average molecular weight is 398 g/mol. The first-order valence-corrected chi connectivity index (χ1v) is 9.02. The van der Waals surface area contributed by atoms with Gasteiger partial charge in [-0.1, -0.05) is 24.3 Å². The molecule has 2 heterocycles. The van der Waals surface area contributed by atoms with Crippen LogP contribution in [0.5, 0.6) is 0 Å². The van der Waals surface area contributed by atoms with Gasteiger partial charge in [0.2, 0.25) is 5.95 Å². The number of alkyl halides is 3. The summed E-state index contributed by atoms with van der Waals surface area (Å²) >= 11 is 0. The number of hydrogen-bond acceptors (Lipinski definition) is 4. The number of nitrogens with one attached hydrogen (secondary N) is 1. The van der Waals surface area contributed by atoms with E-state index in [1.807, 2.05) is 36.1 Å². The molecule has 2 aromatic carbocycles. The molecule has 1 aliphatic heterocycles.